The Kier molecular flexibility index (Phi) is 2.19. The molecule has 6 heteroatoms. The molecule has 0 saturated carbocycles. The lowest BCUT2D eigenvalue weighted by atomic mass is 10.4. The van der Waals surface area contributed by atoms with Crippen molar-refractivity contribution in [1.29, 1.82) is 5.26 Å². The lowest BCUT2D eigenvalue weighted by Crippen LogP contribution is -2.04. The first-order chi connectivity index (χ1) is 5.95. The lowest BCUT2D eigenvalue weighted by molar-refractivity contribution is -0.154. The Hall–Kier alpha value is -1.64. The normalized spacial score (nSPS) is 11.0. The van der Waals surface area contributed by atoms with Gasteiger partial charge in [0.2, 0.25) is 0 Å². The Labute approximate surface area is 71.3 Å². The molecule has 0 bridgehead atoms. The summed E-state index contributed by atoms with van der Waals surface area (Å²) in [6, 6.07) is 1.01. The van der Waals surface area contributed by atoms with Crippen molar-refractivity contribution in [3.63, 3.8) is 0 Å². The molecule has 0 aromatic carbocycles. The van der Waals surface area contributed by atoms with Gasteiger partial charge in [-0.2, -0.15) is 13.2 Å². The predicted octanol–water partition coefficient (Wildman–Crippen LogP) is 2.47. The number of nitriles is 1. The Bertz CT molecular complexity index is 348. The summed E-state index contributed by atoms with van der Waals surface area (Å²) in [6.07, 6.45) is -3.49. The molecule has 0 radical (unpaired) electrons. The number of rotatable bonds is 1. The summed E-state index contributed by atoms with van der Waals surface area (Å²) in [4.78, 5) is 0. The number of halogens is 3. The molecule has 0 amide bonds. The SMILES string of the molecule is Cc1cc(OC#N)c(C(F)(F)F)o1. The van der Waals surface area contributed by atoms with E-state index in [2.05, 4.69) is 9.15 Å². The molecule has 1 rings (SSSR count). The highest BCUT2D eigenvalue weighted by atomic mass is 19.4. The summed E-state index contributed by atoms with van der Waals surface area (Å²) in [5.74, 6) is -1.85. The van der Waals surface area contributed by atoms with Gasteiger partial charge < -0.3 is 9.15 Å². The van der Waals surface area contributed by atoms with E-state index in [1.165, 1.54) is 6.92 Å². The van der Waals surface area contributed by atoms with Crippen LogP contribution in [0.2, 0.25) is 0 Å². The van der Waals surface area contributed by atoms with Crippen LogP contribution in [0.15, 0.2) is 10.5 Å². The molecule has 1 aromatic heterocycles. The second-order valence-electron chi connectivity index (χ2n) is 2.24. The Morgan fingerprint density at radius 2 is 2.15 bits per heavy atom. The number of furan rings is 1. The summed E-state index contributed by atoms with van der Waals surface area (Å²) in [6.45, 7) is 1.33. The van der Waals surface area contributed by atoms with E-state index >= 15 is 0 Å². The molecule has 0 spiro atoms. The van der Waals surface area contributed by atoms with Crippen molar-refractivity contribution in [2.45, 2.75) is 13.1 Å². The van der Waals surface area contributed by atoms with E-state index in [9.17, 15) is 13.2 Å². The van der Waals surface area contributed by atoms with Crippen LogP contribution in [0.4, 0.5) is 13.2 Å². The maximum absolute atomic E-state index is 12.1. The average Bonchev–Trinajstić information content (AvgIpc) is 2.30. The average molecular weight is 191 g/mol. The number of aryl methyl sites for hydroxylation is 1. The molecule has 0 N–H and O–H groups in total. The van der Waals surface area contributed by atoms with E-state index in [0.717, 1.165) is 12.3 Å². The molecular weight excluding hydrogens is 187 g/mol. The zero-order chi connectivity index (χ0) is 10.1. The number of alkyl halides is 3. The number of nitrogens with zero attached hydrogens (tertiary/aromatic N) is 1. The van der Waals surface area contributed by atoms with Crippen LogP contribution >= 0.6 is 0 Å². The van der Waals surface area contributed by atoms with Crippen molar-refractivity contribution >= 4 is 0 Å². The smallest absolute Gasteiger partial charge is 0.453 e. The van der Waals surface area contributed by atoms with Crippen molar-refractivity contribution < 1.29 is 22.3 Å². The Morgan fingerprint density at radius 1 is 1.54 bits per heavy atom. The summed E-state index contributed by atoms with van der Waals surface area (Å²) in [5, 5.41) is 8.04. The van der Waals surface area contributed by atoms with Gasteiger partial charge >= 0.3 is 6.18 Å². The highest BCUT2D eigenvalue weighted by Crippen LogP contribution is 2.38. The topological polar surface area (TPSA) is 46.2 Å². The largest absolute Gasteiger partial charge is 0.453 e. The monoisotopic (exact) mass is 191 g/mol. The second kappa shape index (κ2) is 3.01. The third-order valence-corrected chi connectivity index (χ3v) is 1.23. The van der Waals surface area contributed by atoms with E-state index in [4.69, 9.17) is 5.26 Å². The molecule has 0 aliphatic carbocycles. The first-order valence-electron chi connectivity index (χ1n) is 3.18. The molecule has 70 valence electrons. The number of ether oxygens (including phenoxy) is 1. The van der Waals surface area contributed by atoms with Crippen LogP contribution in [0.1, 0.15) is 11.5 Å². The number of hydrogen-bond acceptors (Lipinski definition) is 3. The van der Waals surface area contributed by atoms with Crippen molar-refractivity contribution in [3.8, 4) is 12.0 Å². The van der Waals surface area contributed by atoms with Gasteiger partial charge in [-0.25, -0.2) is 0 Å². The van der Waals surface area contributed by atoms with Crippen molar-refractivity contribution in [1.82, 2.24) is 0 Å². The van der Waals surface area contributed by atoms with Crippen LogP contribution in [0.25, 0.3) is 0 Å². The predicted molar refractivity (Wildman–Crippen MR) is 34.7 cm³/mol. The number of hydrogen-bond donors (Lipinski definition) is 0. The fraction of sp³-hybridized carbons (Fsp3) is 0.286. The van der Waals surface area contributed by atoms with Crippen molar-refractivity contribution in [2.75, 3.05) is 0 Å². The molecule has 0 unspecified atom stereocenters. The van der Waals surface area contributed by atoms with E-state index in [-0.39, 0.29) is 5.76 Å². The van der Waals surface area contributed by atoms with Gasteiger partial charge in [0.15, 0.2) is 5.75 Å². The third-order valence-electron chi connectivity index (χ3n) is 1.23. The molecule has 1 heterocycles. The fourth-order valence-corrected chi connectivity index (χ4v) is 0.813. The first kappa shape index (κ1) is 9.45. The van der Waals surface area contributed by atoms with E-state index in [0.29, 0.717) is 0 Å². The highest BCUT2D eigenvalue weighted by Gasteiger charge is 2.39. The molecule has 0 saturated heterocycles. The maximum Gasteiger partial charge on any atom is 0.453 e. The van der Waals surface area contributed by atoms with Gasteiger partial charge in [-0.15, -0.1) is 5.26 Å². The second-order valence-corrected chi connectivity index (χ2v) is 2.24. The molecule has 1 aromatic rings. The van der Waals surface area contributed by atoms with Gasteiger partial charge in [-0.1, -0.05) is 0 Å². The zero-order valence-electron chi connectivity index (χ0n) is 6.47. The quantitative estimate of drug-likeness (QED) is 0.640. The van der Waals surface area contributed by atoms with Crippen LogP contribution < -0.4 is 4.74 Å². The minimum atomic E-state index is -4.64. The van der Waals surface area contributed by atoms with Gasteiger partial charge in [0.1, 0.15) is 5.76 Å². The highest BCUT2D eigenvalue weighted by molar-refractivity contribution is 5.31. The molecule has 0 fully saturated rings. The summed E-state index contributed by atoms with van der Waals surface area (Å²) < 4.78 is 44.7. The van der Waals surface area contributed by atoms with Gasteiger partial charge in [0, 0.05) is 6.07 Å². The van der Waals surface area contributed by atoms with Crippen molar-refractivity contribution in [3.05, 3.63) is 17.6 Å². The fourth-order valence-electron chi connectivity index (χ4n) is 0.813. The van der Waals surface area contributed by atoms with E-state index < -0.39 is 17.7 Å². The summed E-state index contributed by atoms with van der Waals surface area (Å²) in [7, 11) is 0. The summed E-state index contributed by atoms with van der Waals surface area (Å²) >= 11 is 0. The van der Waals surface area contributed by atoms with Crippen LogP contribution in [0.3, 0.4) is 0 Å². The van der Waals surface area contributed by atoms with Crippen LogP contribution in [-0.4, -0.2) is 0 Å². The first-order valence-corrected chi connectivity index (χ1v) is 3.18. The van der Waals surface area contributed by atoms with Gasteiger partial charge in [0.05, 0.1) is 0 Å². The molecule has 0 atom stereocenters. The standard InChI is InChI=1S/C7H4F3NO2/c1-4-2-5(12-3-11)6(13-4)7(8,9)10/h2H,1H3. The van der Waals surface area contributed by atoms with E-state index in [1.807, 2.05) is 0 Å². The summed E-state index contributed by atoms with van der Waals surface area (Å²) in [5.41, 5.74) is 0. The molecule has 0 aliphatic rings. The Balaban J connectivity index is 3.13. The van der Waals surface area contributed by atoms with Crippen LogP contribution in [0.5, 0.6) is 5.75 Å². The minimum absolute atomic E-state index is 0.0394. The Morgan fingerprint density at radius 3 is 2.62 bits per heavy atom. The van der Waals surface area contributed by atoms with E-state index in [1.54, 1.807) is 0 Å². The van der Waals surface area contributed by atoms with Gasteiger partial charge in [-0.05, 0) is 6.92 Å². The lowest BCUT2D eigenvalue weighted by Gasteiger charge is -2.02. The van der Waals surface area contributed by atoms with Crippen LogP contribution in [0, 0.1) is 18.4 Å². The molecule has 13 heavy (non-hydrogen) atoms. The molecular formula is C7H4F3NO2. The van der Waals surface area contributed by atoms with Gasteiger partial charge in [0.25, 0.3) is 12.0 Å². The molecule has 0 aliphatic heterocycles. The minimum Gasteiger partial charge on any atom is -0.453 e. The zero-order valence-corrected chi connectivity index (χ0v) is 6.47. The van der Waals surface area contributed by atoms with Gasteiger partial charge in [-0.3, -0.25) is 0 Å². The van der Waals surface area contributed by atoms with Crippen LogP contribution in [-0.2, 0) is 6.18 Å². The maximum atomic E-state index is 12.1. The van der Waals surface area contributed by atoms with Crippen molar-refractivity contribution in [2.24, 2.45) is 0 Å². The molecule has 3 nitrogen and oxygen atoms in total. The third kappa shape index (κ3) is 1.93.